The predicted octanol–water partition coefficient (Wildman–Crippen LogP) is 2.45. The van der Waals surface area contributed by atoms with Gasteiger partial charge in [0.15, 0.2) is 5.82 Å². The van der Waals surface area contributed by atoms with Crippen molar-refractivity contribution in [1.29, 1.82) is 0 Å². The van der Waals surface area contributed by atoms with Crippen molar-refractivity contribution in [3.63, 3.8) is 0 Å². The molecule has 0 amide bonds. The van der Waals surface area contributed by atoms with Crippen molar-refractivity contribution in [2.45, 2.75) is 0 Å². The zero-order valence-corrected chi connectivity index (χ0v) is 10.7. The summed E-state index contributed by atoms with van der Waals surface area (Å²) in [6, 6.07) is 7.23. The van der Waals surface area contributed by atoms with Gasteiger partial charge in [-0.25, -0.2) is 0 Å². The molecule has 0 atom stereocenters. The van der Waals surface area contributed by atoms with Crippen LogP contribution in [0.1, 0.15) is 5.56 Å². The Kier molecular flexibility index (Phi) is 3.31. The smallest absolute Gasteiger partial charge is 0.152 e. The van der Waals surface area contributed by atoms with E-state index in [-0.39, 0.29) is 0 Å². The van der Waals surface area contributed by atoms with Gasteiger partial charge >= 0.3 is 0 Å². The molecule has 0 saturated heterocycles. The van der Waals surface area contributed by atoms with Crippen molar-refractivity contribution < 1.29 is 0 Å². The molecule has 0 spiro atoms. The van der Waals surface area contributed by atoms with Crippen molar-refractivity contribution in [3.05, 3.63) is 41.0 Å². The lowest BCUT2D eigenvalue weighted by Gasteiger charge is -2.07. The van der Waals surface area contributed by atoms with Crippen molar-refractivity contribution in [2.75, 3.05) is 5.32 Å². The number of rotatable bonds is 3. The number of aryl methyl sites for hydroxylation is 1. The van der Waals surface area contributed by atoms with E-state index in [1.807, 2.05) is 31.4 Å². The van der Waals surface area contributed by atoms with Gasteiger partial charge in [0.1, 0.15) is 4.99 Å². The molecule has 2 aromatic rings. The van der Waals surface area contributed by atoms with Crippen molar-refractivity contribution in [2.24, 2.45) is 12.8 Å². The highest BCUT2D eigenvalue weighted by Crippen LogP contribution is 2.25. The Bertz CT molecular complexity index is 564. The number of hydrogen-bond donors (Lipinski definition) is 2. The maximum atomic E-state index is 6.12. The van der Waals surface area contributed by atoms with Crippen LogP contribution in [0.3, 0.4) is 0 Å². The van der Waals surface area contributed by atoms with Crippen LogP contribution in [-0.4, -0.2) is 14.8 Å². The molecule has 6 heteroatoms. The molecule has 0 saturated carbocycles. The topological polar surface area (TPSA) is 55.9 Å². The molecule has 1 heterocycles. The number of aromatic nitrogens is 2. The molecule has 0 radical (unpaired) electrons. The quantitative estimate of drug-likeness (QED) is 0.838. The first kappa shape index (κ1) is 11.9. The Morgan fingerprint density at radius 1 is 1.47 bits per heavy atom. The maximum Gasteiger partial charge on any atom is 0.152 e. The lowest BCUT2D eigenvalue weighted by atomic mass is 10.2. The molecule has 2 rings (SSSR count). The van der Waals surface area contributed by atoms with Gasteiger partial charge in [0, 0.05) is 24.9 Å². The minimum atomic E-state index is 0.330. The van der Waals surface area contributed by atoms with Crippen LogP contribution in [0.15, 0.2) is 30.5 Å². The number of anilines is 2. The van der Waals surface area contributed by atoms with E-state index in [2.05, 4.69) is 10.4 Å². The number of nitrogens with two attached hydrogens (primary N) is 1. The molecular formula is C11H11ClN4S. The first-order valence-corrected chi connectivity index (χ1v) is 5.71. The fourth-order valence-corrected chi connectivity index (χ4v) is 1.74. The summed E-state index contributed by atoms with van der Waals surface area (Å²) >= 11 is 11.0. The maximum absolute atomic E-state index is 6.12. The second-order valence-corrected chi connectivity index (χ2v) is 4.41. The fraction of sp³-hybridized carbons (Fsp3) is 0.0909. The predicted molar refractivity (Wildman–Crippen MR) is 73.8 cm³/mol. The van der Waals surface area contributed by atoms with E-state index in [0.29, 0.717) is 10.0 Å². The van der Waals surface area contributed by atoms with E-state index in [4.69, 9.17) is 29.6 Å². The van der Waals surface area contributed by atoms with Crippen LogP contribution in [0.5, 0.6) is 0 Å². The Morgan fingerprint density at radius 2 is 2.24 bits per heavy atom. The lowest BCUT2D eigenvalue weighted by Crippen LogP contribution is -2.09. The lowest BCUT2D eigenvalue weighted by molar-refractivity contribution is 0.771. The largest absolute Gasteiger partial charge is 0.389 e. The highest BCUT2D eigenvalue weighted by molar-refractivity contribution is 7.80. The highest BCUT2D eigenvalue weighted by Gasteiger charge is 2.05. The molecule has 0 bridgehead atoms. The van der Waals surface area contributed by atoms with E-state index in [9.17, 15) is 0 Å². The summed E-state index contributed by atoms with van der Waals surface area (Å²) in [5.74, 6) is 0.734. The van der Waals surface area contributed by atoms with Crippen molar-refractivity contribution in [1.82, 2.24) is 9.78 Å². The number of nitrogens with zero attached hydrogens (tertiary/aromatic N) is 2. The van der Waals surface area contributed by atoms with E-state index in [0.717, 1.165) is 17.1 Å². The third-order valence-corrected chi connectivity index (χ3v) is 2.78. The molecule has 88 valence electrons. The number of halogens is 1. The summed E-state index contributed by atoms with van der Waals surface area (Å²) in [6.07, 6.45) is 1.85. The molecule has 1 aromatic carbocycles. The molecule has 0 fully saturated rings. The Balaban J connectivity index is 2.25. The fourth-order valence-electron chi connectivity index (χ4n) is 1.39. The van der Waals surface area contributed by atoms with Crippen LogP contribution in [0, 0.1) is 0 Å². The SMILES string of the molecule is Cn1ccc(Nc2ccc(C(N)=S)cc2Cl)n1. The summed E-state index contributed by atoms with van der Waals surface area (Å²) in [7, 11) is 1.85. The molecule has 0 aliphatic heterocycles. The number of nitrogens with one attached hydrogen (secondary N) is 1. The summed E-state index contributed by atoms with van der Waals surface area (Å²) in [4.78, 5) is 0.330. The van der Waals surface area contributed by atoms with Crippen molar-refractivity contribution >= 4 is 40.3 Å². The molecular weight excluding hydrogens is 256 g/mol. The average Bonchev–Trinajstić information content (AvgIpc) is 2.67. The zero-order chi connectivity index (χ0) is 12.4. The van der Waals surface area contributed by atoms with Crippen LogP contribution >= 0.6 is 23.8 Å². The van der Waals surface area contributed by atoms with Gasteiger partial charge in [-0.2, -0.15) is 5.10 Å². The van der Waals surface area contributed by atoms with E-state index in [1.165, 1.54) is 0 Å². The van der Waals surface area contributed by atoms with Gasteiger partial charge in [-0.1, -0.05) is 23.8 Å². The van der Waals surface area contributed by atoms with Crippen LogP contribution in [0.4, 0.5) is 11.5 Å². The second-order valence-electron chi connectivity index (χ2n) is 3.56. The normalized spacial score (nSPS) is 10.2. The minimum absolute atomic E-state index is 0.330. The van der Waals surface area contributed by atoms with Crippen LogP contribution in [0.2, 0.25) is 5.02 Å². The van der Waals surface area contributed by atoms with Gasteiger partial charge in [-0.15, -0.1) is 0 Å². The van der Waals surface area contributed by atoms with Gasteiger partial charge < -0.3 is 11.1 Å². The third kappa shape index (κ3) is 2.75. The summed E-state index contributed by atoms with van der Waals surface area (Å²) in [6.45, 7) is 0. The molecule has 1 aromatic heterocycles. The first-order valence-electron chi connectivity index (χ1n) is 4.92. The minimum Gasteiger partial charge on any atom is -0.389 e. The summed E-state index contributed by atoms with van der Waals surface area (Å²) < 4.78 is 1.71. The van der Waals surface area contributed by atoms with Gasteiger partial charge in [0.2, 0.25) is 0 Å². The molecule has 17 heavy (non-hydrogen) atoms. The van der Waals surface area contributed by atoms with Crippen LogP contribution < -0.4 is 11.1 Å². The summed E-state index contributed by atoms with van der Waals surface area (Å²) in [5.41, 5.74) is 7.04. The Labute approximate surface area is 109 Å². The van der Waals surface area contributed by atoms with E-state index >= 15 is 0 Å². The zero-order valence-electron chi connectivity index (χ0n) is 9.14. The number of benzene rings is 1. The van der Waals surface area contributed by atoms with Gasteiger partial charge in [-0.3, -0.25) is 4.68 Å². The Hall–Kier alpha value is -1.59. The van der Waals surface area contributed by atoms with Gasteiger partial charge in [0.25, 0.3) is 0 Å². The molecule has 4 nitrogen and oxygen atoms in total. The highest BCUT2D eigenvalue weighted by atomic mass is 35.5. The third-order valence-electron chi connectivity index (χ3n) is 2.23. The van der Waals surface area contributed by atoms with E-state index in [1.54, 1.807) is 10.7 Å². The van der Waals surface area contributed by atoms with Crippen molar-refractivity contribution in [3.8, 4) is 0 Å². The van der Waals surface area contributed by atoms with Crippen LogP contribution in [0.25, 0.3) is 0 Å². The Morgan fingerprint density at radius 3 is 2.76 bits per heavy atom. The standard InChI is InChI=1S/C11H11ClN4S/c1-16-5-4-10(15-16)14-9-3-2-7(11(13)17)6-8(9)12/h2-6H,1H3,(H2,13,17)(H,14,15). The van der Waals surface area contributed by atoms with Gasteiger partial charge in [-0.05, 0) is 18.2 Å². The van der Waals surface area contributed by atoms with Gasteiger partial charge in [0.05, 0.1) is 10.7 Å². The monoisotopic (exact) mass is 266 g/mol. The molecule has 3 N–H and O–H groups in total. The van der Waals surface area contributed by atoms with E-state index < -0.39 is 0 Å². The molecule has 0 aliphatic carbocycles. The number of thiocarbonyl (C=S) groups is 1. The second kappa shape index (κ2) is 4.73. The van der Waals surface area contributed by atoms with Crippen LogP contribution in [-0.2, 0) is 7.05 Å². The molecule has 0 unspecified atom stereocenters. The summed E-state index contributed by atoms with van der Waals surface area (Å²) in [5, 5.41) is 7.87. The molecule has 0 aliphatic rings. The average molecular weight is 267 g/mol. The number of hydrogen-bond acceptors (Lipinski definition) is 3. The first-order chi connectivity index (χ1) is 8.06.